The summed E-state index contributed by atoms with van der Waals surface area (Å²) in [6, 6.07) is 6.52. The van der Waals surface area contributed by atoms with Crippen molar-refractivity contribution < 1.29 is 0 Å². The Bertz CT molecular complexity index is 525. The lowest BCUT2D eigenvalue weighted by Gasteiger charge is -2.31. The summed E-state index contributed by atoms with van der Waals surface area (Å²) in [5.41, 5.74) is 0.965. The Labute approximate surface area is 117 Å². The van der Waals surface area contributed by atoms with Crippen molar-refractivity contribution in [2.45, 2.75) is 19.5 Å². The number of aromatic nitrogens is 2. The van der Waals surface area contributed by atoms with Crippen molar-refractivity contribution in [1.82, 2.24) is 20.2 Å². The van der Waals surface area contributed by atoms with E-state index in [0.29, 0.717) is 6.04 Å². The Morgan fingerprint density at radius 1 is 1.42 bits per heavy atom. The quantitative estimate of drug-likeness (QED) is 0.929. The van der Waals surface area contributed by atoms with Crippen molar-refractivity contribution in [3.63, 3.8) is 0 Å². The van der Waals surface area contributed by atoms with Crippen molar-refractivity contribution in [2.24, 2.45) is 0 Å². The molecule has 0 saturated carbocycles. The first kappa shape index (κ1) is 12.7. The molecule has 3 heterocycles. The van der Waals surface area contributed by atoms with Gasteiger partial charge in [0.2, 0.25) is 0 Å². The van der Waals surface area contributed by atoms with Crippen LogP contribution in [0.15, 0.2) is 30.6 Å². The van der Waals surface area contributed by atoms with Gasteiger partial charge in [-0.15, -0.1) is 11.3 Å². The van der Waals surface area contributed by atoms with Crippen LogP contribution in [0.25, 0.3) is 10.7 Å². The normalized spacial score (nSPS) is 20.6. The van der Waals surface area contributed by atoms with Gasteiger partial charge in [-0.25, -0.2) is 4.98 Å². The van der Waals surface area contributed by atoms with Crippen LogP contribution < -0.4 is 5.32 Å². The van der Waals surface area contributed by atoms with Gasteiger partial charge >= 0.3 is 0 Å². The van der Waals surface area contributed by atoms with E-state index in [9.17, 15) is 0 Å². The van der Waals surface area contributed by atoms with Crippen LogP contribution in [0.5, 0.6) is 0 Å². The van der Waals surface area contributed by atoms with Crippen molar-refractivity contribution in [1.29, 1.82) is 0 Å². The first-order chi connectivity index (χ1) is 9.31. The molecule has 1 N–H and O–H groups in total. The maximum Gasteiger partial charge on any atom is 0.142 e. The van der Waals surface area contributed by atoms with Crippen molar-refractivity contribution in [3.05, 3.63) is 35.5 Å². The first-order valence-corrected chi connectivity index (χ1v) is 7.45. The molecule has 1 fully saturated rings. The maximum atomic E-state index is 4.48. The fourth-order valence-electron chi connectivity index (χ4n) is 2.36. The lowest BCUT2D eigenvalue weighted by Crippen LogP contribution is -2.48. The number of pyridine rings is 1. The molecular weight excluding hydrogens is 256 g/mol. The minimum Gasteiger partial charge on any atom is -0.312 e. The van der Waals surface area contributed by atoms with E-state index >= 15 is 0 Å². The van der Waals surface area contributed by atoms with E-state index in [1.807, 2.05) is 30.6 Å². The molecule has 0 bridgehead atoms. The standard InChI is InChI=1S/C14H18N4S/c1-11-9-18(7-6-15-11)10-12-8-17-14(19-12)13-4-2-3-5-16-13/h2-5,8,11,15H,6-7,9-10H2,1H3. The van der Waals surface area contributed by atoms with Crippen molar-refractivity contribution in [2.75, 3.05) is 19.6 Å². The SMILES string of the molecule is CC1CN(Cc2cnc(-c3ccccn3)s2)CCN1. The maximum absolute atomic E-state index is 4.48. The van der Waals surface area contributed by atoms with Crippen molar-refractivity contribution >= 4 is 11.3 Å². The van der Waals surface area contributed by atoms with Gasteiger partial charge in [-0.2, -0.15) is 0 Å². The molecule has 1 aliphatic heterocycles. The molecule has 3 rings (SSSR count). The second-order valence-corrected chi connectivity index (χ2v) is 6.05. The smallest absolute Gasteiger partial charge is 0.142 e. The number of nitrogens with one attached hydrogen (secondary N) is 1. The molecule has 5 heteroatoms. The molecule has 100 valence electrons. The van der Waals surface area contributed by atoms with Gasteiger partial charge in [0.25, 0.3) is 0 Å². The number of hydrogen-bond donors (Lipinski definition) is 1. The molecule has 4 nitrogen and oxygen atoms in total. The lowest BCUT2D eigenvalue weighted by atomic mass is 10.2. The summed E-state index contributed by atoms with van der Waals surface area (Å²) in [7, 11) is 0. The number of piperazine rings is 1. The Kier molecular flexibility index (Phi) is 3.87. The highest BCUT2D eigenvalue weighted by Gasteiger charge is 2.16. The molecule has 2 aromatic heterocycles. The Morgan fingerprint density at radius 2 is 2.37 bits per heavy atom. The second-order valence-electron chi connectivity index (χ2n) is 4.94. The molecule has 0 aliphatic carbocycles. The summed E-state index contributed by atoms with van der Waals surface area (Å²) < 4.78 is 0. The van der Waals surface area contributed by atoms with Crippen LogP contribution in [-0.2, 0) is 6.54 Å². The lowest BCUT2D eigenvalue weighted by molar-refractivity contribution is 0.201. The Balaban J connectivity index is 1.68. The van der Waals surface area contributed by atoms with E-state index < -0.39 is 0 Å². The predicted molar refractivity (Wildman–Crippen MR) is 78.1 cm³/mol. The van der Waals surface area contributed by atoms with Crippen molar-refractivity contribution in [3.8, 4) is 10.7 Å². The minimum absolute atomic E-state index is 0.580. The highest BCUT2D eigenvalue weighted by atomic mass is 32.1. The van der Waals surface area contributed by atoms with Gasteiger partial charge in [0.05, 0.1) is 5.69 Å². The number of rotatable bonds is 3. The summed E-state index contributed by atoms with van der Waals surface area (Å²) in [5.74, 6) is 0. The second kappa shape index (κ2) is 5.77. The molecule has 1 atom stereocenters. The molecule has 0 amide bonds. The molecular formula is C14H18N4S. The fourth-order valence-corrected chi connectivity index (χ4v) is 3.30. The van der Waals surface area contributed by atoms with Gasteiger partial charge in [0, 0.05) is 49.5 Å². The van der Waals surface area contributed by atoms with Gasteiger partial charge in [0.15, 0.2) is 0 Å². The average Bonchev–Trinajstić information content (AvgIpc) is 2.88. The van der Waals surface area contributed by atoms with Crippen LogP contribution in [0.1, 0.15) is 11.8 Å². The summed E-state index contributed by atoms with van der Waals surface area (Å²) in [5, 5.41) is 4.48. The van der Waals surface area contributed by atoms with Gasteiger partial charge in [-0.3, -0.25) is 9.88 Å². The van der Waals surface area contributed by atoms with Crippen LogP contribution in [0.4, 0.5) is 0 Å². The van der Waals surface area contributed by atoms with Crippen LogP contribution >= 0.6 is 11.3 Å². The van der Waals surface area contributed by atoms with E-state index in [0.717, 1.165) is 36.9 Å². The molecule has 2 aromatic rings. The predicted octanol–water partition coefficient (Wildman–Crippen LogP) is 2.00. The topological polar surface area (TPSA) is 41.1 Å². The highest BCUT2D eigenvalue weighted by molar-refractivity contribution is 7.14. The Morgan fingerprint density at radius 3 is 3.16 bits per heavy atom. The summed E-state index contributed by atoms with van der Waals surface area (Å²) >= 11 is 1.75. The third kappa shape index (κ3) is 3.18. The summed E-state index contributed by atoms with van der Waals surface area (Å²) in [4.78, 5) is 12.6. The third-order valence-electron chi connectivity index (χ3n) is 3.27. The van der Waals surface area contributed by atoms with E-state index in [2.05, 4.69) is 27.1 Å². The molecule has 19 heavy (non-hydrogen) atoms. The molecule has 1 aliphatic rings. The Hall–Kier alpha value is -1.30. The molecule has 1 unspecified atom stereocenters. The van der Waals surface area contributed by atoms with Gasteiger partial charge < -0.3 is 5.32 Å². The zero-order valence-corrected chi connectivity index (χ0v) is 11.9. The van der Waals surface area contributed by atoms with E-state index in [4.69, 9.17) is 0 Å². The monoisotopic (exact) mass is 274 g/mol. The average molecular weight is 274 g/mol. The first-order valence-electron chi connectivity index (χ1n) is 6.63. The van der Waals surface area contributed by atoms with Crippen LogP contribution in [0.2, 0.25) is 0 Å². The zero-order valence-electron chi connectivity index (χ0n) is 11.0. The van der Waals surface area contributed by atoms with Crippen LogP contribution in [0, 0.1) is 0 Å². The van der Waals surface area contributed by atoms with E-state index in [1.54, 1.807) is 11.3 Å². The summed E-state index contributed by atoms with van der Waals surface area (Å²) in [6.45, 7) is 6.53. The third-order valence-corrected chi connectivity index (χ3v) is 4.27. The van der Waals surface area contributed by atoms with Crippen LogP contribution in [0.3, 0.4) is 0 Å². The zero-order chi connectivity index (χ0) is 13.1. The number of nitrogens with zero attached hydrogens (tertiary/aromatic N) is 3. The number of thiazole rings is 1. The van der Waals surface area contributed by atoms with Gasteiger partial charge in [0.1, 0.15) is 5.01 Å². The molecule has 0 spiro atoms. The van der Waals surface area contributed by atoms with Gasteiger partial charge in [-0.1, -0.05) is 6.07 Å². The molecule has 0 radical (unpaired) electrons. The largest absolute Gasteiger partial charge is 0.312 e. The summed E-state index contributed by atoms with van der Waals surface area (Å²) in [6.07, 6.45) is 3.80. The number of hydrogen-bond acceptors (Lipinski definition) is 5. The molecule has 0 aromatic carbocycles. The molecule has 1 saturated heterocycles. The van der Waals surface area contributed by atoms with E-state index in [-0.39, 0.29) is 0 Å². The minimum atomic E-state index is 0.580. The van der Waals surface area contributed by atoms with Crippen LogP contribution in [-0.4, -0.2) is 40.5 Å². The van der Waals surface area contributed by atoms with E-state index in [1.165, 1.54) is 4.88 Å². The highest BCUT2D eigenvalue weighted by Crippen LogP contribution is 2.24. The fraction of sp³-hybridized carbons (Fsp3) is 0.429. The van der Waals surface area contributed by atoms with Gasteiger partial charge in [-0.05, 0) is 19.1 Å².